The van der Waals surface area contributed by atoms with Crippen LogP contribution in [0.25, 0.3) is 11.1 Å². The van der Waals surface area contributed by atoms with Crippen LogP contribution in [0.15, 0.2) is 66.0 Å². The van der Waals surface area contributed by atoms with E-state index in [0.717, 1.165) is 27.9 Å². The number of hydrogen-bond acceptors (Lipinski definition) is 7. The Morgan fingerprint density at radius 3 is 2.17 bits per heavy atom. The molecule has 0 radical (unpaired) electrons. The van der Waals surface area contributed by atoms with Crippen LogP contribution in [-0.2, 0) is 17.6 Å². The number of nitrogens with one attached hydrogen (secondary N) is 3. The van der Waals surface area contributed by atoms with Crippen LogP contribution < -0.4 is 20.7 Å². The van der Waals surface area contributed by atoms with E-state index in [9.17, 15) is 14.4 Å². The van der Waals surface area contributed by atoms with Crippen LogP contribution in [0, 0.1) is 13.8 Å². The molecule has 0 unspecified atom stereocenters. The van der Waals surface area contributed by atoms with Crippen LogP contribution >= 0.6 is 11.3 Å². The molecule has 3 amide bonds. The second-order valence-electron chi connectivity index (χ2n) is 13.2. The number of anilines is 2. The third-order valence-corrected chi connectivity index (χ3v) is 7.40. The lowest BCUT2D eigenvalue weighted by molar-refractivity contribution is 0.0635. The van der Waals surface area contributed by atoms with Crippen molar-refractivity contribution in [3.05, 3.63) is 94.0 Å². The zero-order chi connectivity index (χ0) is 33.6. The van der Waals surface area contributed by atoms with Gasteiger partial charge in [-0.05, 0) is 109 Å². The van der Waals surface area contributed by atoms with Crippen LogP contribution in [-0.4, -0.2) is 34.2 Å². The maximum atomic E-state index is 13.7. The van der Waals surface area contributed by atoms with E-state index in [0.29, 0.717) is 40.5 Å². The molecule has 0 atom stereocenters. The molecule has 3 aromatic carbocycles. The minimum Gasteiger partial charge on any atom is -0.444 e. The van der Waals surface area contributed by atoms with Crippen molar-refractivity contribution >= 4 is 40.2 Å². The third-order valence-electron chi connectivity index (χ3n) is 6.59. The topological polar surface area (TPSA) is 119 Å². The maximum Gasteiger partial charge on any atom is 0.413 e. The van der Waals surface area contributed by atoms with Gasteiger partial charge in [0.05, 0.1) is 5.69 Å². The van der Waals surface area contributed by atoms with Gasteiger partial charge in [-0.15, -0.1) is 11.3 Å². The number of ether oxygens (including phenoxy) is 2. The Hall–Kier alpha value is -4.70. The van der Waals surface area contributed by atoms with Gasteiger partial charge in [0, 0.05) is 22.2 Å². The van der Waals surface area contributed by atoms with Crippen molar-refractivity contribution in [3.8, 4) is 16.9 Å². The zero-order valence-corrected chi connectivity index (χ0v) is 28.5. The highest BCUT2D eigenvalue weighted by molar-refractivity contribution is 7.13. The molecule has 0 aliphatic heterocycles. The Morgan fingerprint density at radius 1 is 0.804 bits per heavy atom. The second kappa shape index (κ2) is 14.2. The Morgan fingerprint density at radius 2 is 1.50 bits per heavy atom. The van der Waals surface area contributed by atoms with Crippen LogP contribution in [0.2, 0.25) is 0 Å². The minimum absolute atomic E-state index is 0.248. The number of hydrogen-bond donors (Lipinski definition) is 3. The van der Waals surface area contributed by atoms with E-state index in [-0.39, 0.29) is 5.91 Å². The summed E-state index contributed by atoms with van der Waals surface area (Å²) in [5.74, 6) is 0.125. The van der Waals surface area contributed by atoms with E-state index in [2.05, 4.69) is 20.9 Å². The molecule has 9 nitrogen and oxygen atoms in total. The maximum absolute atomic E-state index is 13.7. The summed E-state index contributed by atoms with van der Waals surface area (Å²) in [5, 5.41) is 10.8. The molecule has 0 saturated heterocycles. The first-order valence-electron chi connectivity index (χ1n) is 15.1. The van der Waals surface area contributed by atoms with Crippen LogP contribution in [0.5, 0.6) is 5.75 Å². The van der Waals surface area contributed by atoms with E-state index < -0.39 is 23.3 Å². The Labute approximate surface area is 274 Å². The molecule has 0 saturated carbocycles. The van der Waals surface area contributed by atoms with Crippen LogP contribution in [0.1, 0.15) is 74.3 Å². The number of carbonyl (C=O) groups excluding carboxylic acids is 3. The van der Waals surface area contributed by atoms with Gasteiger partial charge in [-0.1, -0.05) is 47.5 Å². The van der Waals surface area contributed by atoms with Crippen molar-refractivity contribution in [1.82, 2.24) is 10.3 Å². The predicted molar refractivity (Wildman–Crippen MR) is 184 cm³/mol. The first-order chi connectivity index (χ1) is 21.5. The normalized spacial score (nSPS) is 11.5. The quantitative estimate of drug-likeness (QED) is 0.177. The lowest BCUT2D eigenvalue weighted by Gasteiger charge is -2.21. The predicted octanol–water partition coefficient (Wildman–Crippen LogP) is 8.70. The molecule has 0 bridgehead atoms. The Balaban J connectivity index is 1.56. The number of benzene rings is 3. The first kappa shape index (κ1) is 34.2. The molecule has 0 aliphatic carbocycles. The number of aromatic nitrogens is 1. The van der Waals surface area contributed by atoms with Gasteiger partial charge in [-0.2, -0.15) is 0 Å². The molecule has 46 heavy (non-hydrogen) atoms. The summed E-state index contributed by atoms with van der Waals surface area (Å²) in [7, 11) is 0. The summed E-state index contributed by atoms with van der Waals surface area (Å²) in [6, 6.07) is 19.1. The summed E-state index contributed by atoms with van der Waals surface area (Å²) in [5.41, 5.74) is 5.37. The summed E-state index contributed by atoms with van der Waals surface area (Å²) >= 11 is 1.30. The highest BCUT2D eigenvalue weighted by atomic mass is 32.1. The molecule has 1 heterocycles. The number of rotatable bonds is 8. The van der Waals surface area contributed by atoms with Crippen molar-refractivity contribution < 1.29 is 23.9 Å². The fourth-order valence-corrected chi connectivity index (χ4v) is 5.28. The van der Waals surface area contributed by atoms with Gasteiger partial charge in [0.15, 0.2) is 5.13 Å². The Bertz CT molecular complexity index is 1720. The number of nitrogens with zero attached hydrogens (tertiary/aromatic N) is 1. The highest BCUT2D eigenvalue weighted by Gasteiger charge is 2.20. The minimum atomic E-state index is -0.623. The Kier molecular flexibility index (Phi) is 10.5. The molecular weight excluding hydrogens is 600 g/mol. The molecule has 3 N–H and O–H groups in total. The number of aryl methyl sites for hydroxylation is 4. The van der Waals surface area contributed by atoms with Crippen molar-refractivity contribution in [2.45, 2.75) is 79.4 Å². The standard InChI is InChI=1S/C36H42N4O5S/c1-22-9-12-24(13-10-22)28-17-11-23(2)19-29(28)31(41)37-26-16-18-30(44-34(43)40-35(3,4)5)25(20-26)14-15-27-21-46-32(38-27)39-33(42)45-36(6,7)8/h9-13,16-21H,14-15H2,1-8H3,(H,37,41)(H,40,43)(H,38,39,42). The van der Waals surface area contributed by atoms with Crippen LogP contribution in [0.4, 0.5) is 20.4 Å². The molecule has 0 aliphatic rings. The highest BCUT2D eigenvalue weighted by Crippen LogP contribution is 2.29. The third kappa shape index (κ3) is 10.2. The second-order valence-corrected chi connectivity index (χ2v) is 14.1. The molecule has 0 spiro atoms. The van der Waals surface area contributed by atoms with Gasteiger partial charge in [-0.25, -0.2) is 14.6 Å². The monoisotopic (exact) mass is 642 g/mol. The van der Waals surface area contributed by atoms with Gasteiger partial charge in [0.2, 0.25) is 0 Å². The zero-order valence-electron chi connectivity index (χ0n) is 27.7. The molecule has 242 valence electrons. The van der Waals surface area contributed by atoms with E-state index in [1.165, 1.54) is 11.3 Å². The number of thiazole rings is 1. The van der Waals surface area contributed by atoms with Gasteiger partial charge >= 0.3 is 12.2 Å². The smallest absolute Gasteiger partial charge is 0.413 e. The summed E-state index contributed by atoms with van der Waals surface area (Å²) in [4.78, 5) is 43.0. The SMILES string of the molecule is Cc1ccc(-c2ccc(C)cc2C(=O)Nc2ccc(OC(=O)NC(C)(C)C)c(CCc3csc(NC(=O)OC(C)(C)C)n3)c2)cc1. The van der Waals surface area contributed by atoms with E-state index in [1.807, 2.05) is 88.5 Å². The van der Waals surface area contributed by atoms with Gasteiger partial charge in [-0.3, -0.25) is 10.1 Å². The van der Waals surface area contributed by atoms with E-state index in [1.54, 1.807) is 32.9 Å². The van der Waals surface area contributed by atoms with Crippen molar-refractivity contribution in [1.29, 1.82) is 0 Å². The molecule has 1 aromatic heterocycles. The average Bonchev–Trinajstić information content (AvgIpc) is 3.38. The fraction of sp³-hybridized carbons (Fsp3) is 0.333. The molecule has 4 rings (SSSR count). The lowest BCUT2D eigenvalue weighted by atomic mass is 9.96. The summed E-state index contributed by atoms with van der Waals surface area (Å²) in [6.07, 6.45) is -0.199. The number of amides is 3. The summed E-state index contributed by atoms with van der Waals surface area (Å²) in [6.45, 7) is 15.0. The fourth-order valence-electron chi connectivity index (χ4n) is 4.55. The van der Waals surface area contributed by atoms with Crippen LogP contribution in [0.3, 0.4) is 0 Å². The van der Waals surface area contributed by atoms with E-state index >= 15 is 0 Å². The molecule has 10 heteroatoms. The largest absolute Gasteiger partial charge is 0.444 e. The summed E-state index contributed by atoms with van der Waals surface area (Å²) < 4.78 is 11.0. The lowest BCUT2D eigenvalue weighted by Crippen LogP contribution is -2.42. The molecule has 4 aromatic rings. The van der Waals surface area contributed by atoms with Gasteiger partial charge in [0.25, 0.3) is 5.91 Å². The average molecular weight is 643 g/mol. The number of carbonyl (C=O) groups is 3. The van der Waals surface area contributed by atoms with Crippen molar-refractivity contribution in [3.63, 3.8) is 0 Å². The van der Waals surface area contributed by atoms with Gasteiger partial charge in [0.1, 0.15) is 11.4 Å². The van der Waals surface area contributed by atoms with Gasteiger partial charge < -0.3 is 20.1 Å². The van der Waals surface area contributed by atoms with Crippen molar-refractivity contribution in [2.24, 2.45) is 0 Å². The van der Waals surface area contributed by atoms with Crippen molar-refractivity contribution in [2.75, 3.05) is 10.6 Å². The molecular formula is C36H42N4O5S. The molecule has 0 fully saturated rings. The van der Waals surface area contributed by atoms with E-state index in [4.69, 9.17) is 9.47 Å². The first-order valence-corrected chi connectivity index (χ1v) is 16.0.